The van der Waals surface area contributed by atoms with E-state index in [4.69, 9.17) is 0 Å². The summed E-state index contributed by atoms with van der Waals surface area (Å²) in [6.07, 6.45) is 6.40. The fraction of sp³-hybridized carbons (Fsp3) is 0.750. The molecule has 1 aromatic heterocycles. The highest BCUT2D eigenvalue weighted by Crippen LogP contribution is 2.50. The van der Waals surface area contributed by atoms with E-state index in [1.54, 1.807) is 18.5 Å². The van der Waals surface area contributed by atoms with E-state index < -0.39 is 11.3 Å². The van der Waals surface area contributed by atoms with Gasteiger partial charge in [0.05, 0.1) is 5.41 Å². The van der Waals surface area contributed by atoms with E-state index in [-0.39, 0.29) is 6.42 Å². The smallest absolute Gasteiger partial charge is 0.257 e. The maximum atomic E-state index is 14.7. The minimum absolute atomic E-state index is 0.0107. The summed E-state index contributed by atoms with van der Waals surface area (Å²) in [6.45, 7) is 3.04. The van der Waals surface area contributed by atoms with Gasteiger partial charge in [-0.3, -0.25) is 0 Å². The molecule has 0 bridgehead atoms. The first-order chi connectivity index (χ1) is 10.6. The molecule has 120 valence electrons. The van der Waals surface area contributed by atoms with Crippen LogP contribution in [0.4, 0.5) is 14.7 Å². The first-order valence-electron chi connectivity index (χ1n) is 8.20. The topological polar surface area (TPSA) is 32.3 Å². The molecule has 0 aromatic carbocycles. The van der Waals surface area contributed by atoms with Gasteiger partial charge in [-0.1, -0.05) is 0 Å². The lowest BCUT2D eigenvalue weighted by Crippen LogP contribution is -2.57. The van der Waals surface area contributed by atoms with E-state index in [1.165, 1.54) is 12.8 Å². The van der Waals surface area contributed by atoms with Crippen molar-refractivity contribution in [3.63, 3.8) is 0 Å². The Morgan fingerprint density at radius 3 is 2.59 bits per heavy atom. The van der Waals surface area contributed by atoms with Crippen molar-refractivity contribution in [2.45, 2.75) is 31.6 Å². The minimum Gasteiger partial charge on any atom is -0.340 e. The maximum Gasteiger partial charge on any atom is 0.257 e. The Labute approximate surface area is 129 Å². The van der Waals surface area contributed by atoms with E-state index in [0.717, 1.165) is 12.5 Å². The number of aromatic nitrogens is 2. The standard InChI is InChI=1S/C16H22F2N4/c17-16(18)5-8-21(10-13-2-3-13)11-15(16)4-9-22(12-15)14-19-6-1-7-20-14/h1,6-7,13H,2-5,8-12H2. The van der Waals surface area contributed by atoms with Crippen LogP contribution in [0.1, 0.15) is 25.7 Å². The van der Waals surface area contributed by atoms with Crippen LogP contribution >= 0.6 is 0 Å². The van der Waals surface area contributed by atoms with Crippen molar-refractivity contribution in [1.82, 2.24) is 14.9 Å². The molecular formula is C16H22F2N4. The van der Waals surface area contributed by atoms with Gasteiger partial charge in [0.1, 0.15) is 0 Å². The molecule has 3 aliphatic rings. The molecule has 1 saturated carbocycles. The van der Waals surface area contributed by atoms with Crippen LogP contribution < -0.4 is 4.90 Å². The van der Waals surface area contributed by atoms with Crippen LogP contribution in [0.25, 0.3) is 0 Å². The van der Waals surface area contributed by atoms with Gasteiger partial charge >= 0.3 is 0 Å². The summed E-state index contributed by atoms with van der Waals surface area (Å²) in [5.74, 6) is -1.26. The maximum absolute atomic E-state index is 14.7. The second-order valence-corrected chi connectivity index (χ2v) is 7.13. The molecule has 2 saturated heterocycles. The van der Waals surface area contributed by atoms with Crippen molar-refractivity contribution in [3.05, 3.63) is 18.5 Å². The highest BCUT2D eigenvalue weighted by Gasteiger charge is 2.59. The molecule has 6 heteroatoms. The lowest BCUT2D eigenvalue weighted by Gasteiger charge is -2.46. The van der Waals surface area contributed by atoms with E-state index in [9.17, 15) is 8.78 Å². The number of nitrogens with zero attached hydrogens (tertiary/aromatic N) is 4. The molecule has 4 rings (SSSR count). The average Bonchev–Trinajstić information content (AvgIpc) is 3.22. The van der Waals surface area contributed by atoms with E-state index in [0.29, 0.717) is 38.5 Å². The number of rotatable bonds is 3. The summed E-state index contributed by atoms with van der Waals surface area (Å²) >= 11 is 0. The summed E-state index contributed by atoms with van der Waals surface area (Å²) in [6, 6.07) is 1.75. The van der Waals surface area contributed by atoms with Crippen molar-refractivity contribution in [2.24, 2.45) is 11.3 Å². The Morgan fingerprint density at radius 2 is 1.86 bits per heavy atom. The number of alkyl halides is 2. The van der Waals surface area contributed by atoms with Crippen molar-refractivity contribution in [2.75, 3.05) is 37.6 Å². The Kier molecular flexibility index (Phi) is 3.33. The largest absolute Gasteiger partial charge is 0.340 e. The van der Waals surface area contributed by atoms with Crippen molar-refractivity contribution < 1.29 is 8.78 Å². The molecule has 22 heavy (non-hydrogen) atoms. The second-order valence-electron chi connectivity index (χ2n) is 7.13. The van der Waals surface area contributed by atoms with Crippen LogP contribution in [-0.4, -0.2) is 53.5 Å². The third-order valence-electron chi connectivity index (χ3n) is 5.45. The molecular weight excluding hydrogens is 286 g/mol. The van der Waals surface area contributed by atoms with Gasteiger partial charge in [-0.15, -0.1) is 0 Å². The first-order valence-corrected chi connectivity index (χ1v) is 8.20. The fourth-order valence-electron chi connectivity index (χ4n) is 3.93. The Balaban J connectivity index is 1.52. The first kappa shape index (κ1) is 14.3. The zero-order chi connectivity index (χ0) is 15.2. The fourth-order valence-corrected chi connectivity index (χ4v) is 3.93. The van der Waals surface area contributed by atoms with Gasteiger partial charge in [0.2, 0.25) is 5.95 Å². The molecule has 1 atom stereocenters. The highest BCUT2D eigenvalue weighted by atomic mass is 19.3. The lowest BCUT2D eigenvalue weighted by atomic mass is 9.75. The normalized spacial score (nSPS) is 31.8. The molecule has 1 aliphatic carbocycles. The average molecular weight is 308 g/mol. The zero-order valence-corrected chi connectivity index (χ0v) is 12.7. The van der Waals surface area contributed by atoms with Gasteiger partial charge < -0.3 is 9.80 Å². The van der Waals surface area contributed by atoms with Crippen molar-refractivity contribution in [1.29, 1.82) is 0 Å². The van der Waals surface area contributed by atoms with E-state index >= 15 is 0 Å². The number of piperidine rings is 1. The van der Waals surface area contributed by atoms with Gasteiger partial charge in [0, 0.05) is 51.5 Å². The van der Waals surface area contributed by atoms with Gasteiger partial charge in [-0.25, -0.2) is 18.7 Å². The second kappa shape index (κ2) is 5.11. The van der Waals surface area contributed by atoms with Crippen LogP contribution in [0.5, 0.6) is 0 Å². The quantitative estimate of drug-likeness (QED) is 0.858. The predicted octanol–water partition coefficient (Wildman–Crippen LogP) is 2.42. The SMILES string of the molecule is FC1(F)CCN(CC2CC2)CC12CCN(c1ncccn1)C2. The molecule has 0 radical (unpaired) electrons. The third-order valence-corrected chi connectivity index (χ3v) is 5.45. The Morgan fingerprint density at radius 1 is 1.09 bits per heavy atom. The minimum atomic E-state index is -2.59. The monoisotopic (exact) mass is 308 g/mol. The van der Waals surface area contributed by atoms with E-state index in [1.807, 2.05) is 4.90 Å². The number of anilines is 1. The lowest BCUT2D eigenvalue weighted by molar-refractivity contribution is -0.157. The molecule has 0 N–H and O–H groups in total. The zero-order valence-electron chi connectivity index (χ0n) is 12.7. The summed E-state index contributed by atoms with van der Waals surface area (Å²) in [7, 11) is 0. The number of halogens is 2. The van der Waals surface area contributed by atoms with Gasteiger partial charge in [0.25, 0.3) is 5.92 Å². The number of hydrogen-bond acceptors (Lipinski definition) is 4. The molecule has 2 aliphatic heterocycles. The molecule has 0 amide bonds. The van der Waals surface area contributed by atoms with Crippen LogP contribution in [-0.2, 0) is 0 Å². The van der Waals surface area contributed by atoms with Gasteiger partial charge in [-0.2, -0.15) is 0 Å². The molecule has 1 spiro atoms. The van der Waals surface area contributed by atoms with Crippen LogP contribution in [0.2, 0.25) is 0 Å². The summed E-state index contributed by atoms with van der Waals surface area (Å²) in [4.78, 5) is 12.6. The highest BCUT2D eigenvalue weighted by molar-refractivity contribution is 5.33. The molecule has 1 unspecified atom stereocenters. The van der Waals surface area contributed by atoms with Gasteiger partial charge in [0.15, 0.2) is 0 Å². The Bertz CT molecular complexity index is 534. The molecule has 1 aromatic rings. The summed E-state index contributed by atoms with van der Waals surface area (Å²) in [5, 5.41) is 0. The number of hydrogen-bond donors (Lipinski definition) is 0. The molecule has 3 fully saturated rings. The number of likely N-dealkylation sites (tertiary alicyclic amines) is 1. The third kappa shape index (κ3) is 2.47. The van der Waals surface area contributed by atoms with Crippen molar-refractivity contribution in [3.8, 4) is 0 Å². The van der Waals surface area contributed by atoms with Crippen LogP contribution in [0, 0.1) is 11.3 Å². The summed E-state index contributed by atoms with van der Waals surface area (Å²) in [5.41, 5.74) is -0.931. The van der Waals surface area contributed by atoms with Crippen LogP contribution in [0.3, 0.4) is 0 Å². The Hall–Kier alpha value is -1.30. The molecule has 3 heterocycles. The molecule has 4 nitrogen and oxygen atoms in total. The van der Waals surface area contributed by atoms with Crippen molar-refractivity contribution >= 4 is 5.95 Å². The van der Waals surface area contributed by atoms with Crippen LogP contribution in [0.15, 0.2) is 18.5 Å². The predicted molar refractivity (Wildman–Crippen MR) is 80.0 cm³/mol. The van der Waals surface area contributed by atoms with Gasteiger partial charge in [-0.05, 0) is 31.2 Å². The summed E-state index contributed by atoms with van der Waals surface area (Å²) < 4.78 is 29.4. The van der Waals surface area contributed by atoms with E-state index in [2.05, 4.69) is 14.9 Å².